The number of hydrogen-bond acceptors (Lipinski definition) is 4. The Morgan fingerprint density at radius 3 is 2.61 bits per heavy atom. The van der Waals surface area contributed by atoms with E-state index in [2.05, 4.69) is 20.2 Å². The van der Waals surface area contributed by atoms with Crippen molar-refractivity contribution in [3.05, 3.63) is 85.2 Å². The first-order valence-electron chi connectivity index (χ1n) is 8.76. The van der Waals surface area contributed by atoms with Crippen LogP contribution in [0.2, 0.25) is 0 Å². The molecule has 0 fully saturated rings. The molecule has 5 nitrogen and oxygen atoms in total. The quantitative estimate of drug-likeness (QED) is 0.493. The van der Waals surface area contributed by atoms with Crippen LogP contribution < -0.4 is 0 Å². The van der Waals surface area contributed by atoms with Crippen molar-refractivity contribution in [2.24, 2.45) is 0 Å². The molecule has 0 aliphatic heterocycles. The summed E-state index contributed by atoms with van der Waals surface area (Å²) in [5, 5.41) is 7.07. The molecule has 28 heavy (non-hydrogen) atoms. The van der Waals surface area contributed by atoms with E-state index >= 15 is 0 Å². The Morgan fingerprint density at radius 1 is 0.821 bits per heavy atom. The number of nitrogens with zero attached hydrogens (tertiary/aromatic N) is 4. The van der Waals surface area contributed by atoms with E-state index in [4.69, 9.17) is 4.98 Å². The second-order valence-corrected chi connectivity index (χ2v) is 6.33. The zero-order valence-electron chi connectivity index (χ0n) is 14.7. The number of rotatable bonds is 3. The molecular weight excluding hydrogens is 353 g/mol. The zero-order chi connectivity index (χ0) is 18.9. The van der Waals surface area contributed by atoms with Crippen molar-refractivity contribution in [3.63, 3.8) is 0 Å². The summed E-state index contributed by atoms with van der Waals surface area (Å²) in [5.41, 5.74) is 5.84. The first-order chi connectivity index (χ1) is 13.8. The van der Waals surface area contributed by atoms with Gasteiger partial charge in [-0.1, -0.05) is 18.2 Å². The fraction of sp³-hybridized carbons (Fsp3) is 0. The molecule has 0 amide bonds. The Morgan fingerprint density at radius 2 is 1.75 bits per heavy atom. The molecule has 0 radical (unpaired) electrons. The highest BCUT2D eigenvalue weighted by Gasteiger charge is 2.15. The maximum Gasteiger partial charge on any atom is 0.132 e. The first kappa shape index (κ1) is 16.3. The van der Waals surface area contributed by atoms with Gasteiger partial charge in [0.05, 0.1) is 16.7 Å². The van der Waals surface area contributed by atoms with Gasteiger partial charge in [-0.15, -0.1) is 0 Å². The number of hydrogen-bond donors (Lipinski definition) is 1. The summed E-state index contributed by atoms with van der Waals surface area (Å²) in [6.45, 7) is 0. The lowest BCUT2D eigenvalue weighted by Gasteiger charge is -2.06. The number of nitrogens with one attached hydrogen (secondary N) is 1. The van der Waals surface area contributed by atoms with Crippen LogP contribution in [-0.2, 0) is 0 Å². The van der Waals surface area contributed by atoms with Crippen LogP contribution in [0.4, 0.5) is 4.39 Å². The van der Waals surface area contributed by atoms with E-state index in [9.17, 15) is 4.39 Å². The van der Waals surface area contributed by atoms with E-state index in [0.717, 1.165) is 27.7 Å². The average molecular weight is 367 g/mol. The van der Waals surface area contributed by atoms with Gasteiger partial charge < -0.3 is 0 Å². The minimum atomic E-state index is -0.322. The van der Waals surface area contributed by atoms with Gasteiger partial charge in [-0.3, -0.25) is 15.1 Å². The molecule has 6 heteroatoms. The fourth-order valence-electron chi connectivity index (χ4n) is 3.19. The zero-order valence-corrected chi connectivity index (χ0v) is 14.7. The second-order valence-electron chi connectivity index (χ2n) is 6.33. The molecule has 0 aliphatic rings. The highest BCUT2D eigenvalue weighted by Crippen LogP contribution is 2.31. The normalized spacial score (nSPS) is 11.0. The van der Waals surface area contributed by atoms with Gasteiger partial charge in [-0.05, 0) is 36.4 Å². The molecule has 0 saturated heterocycles. The molecule has 0 saturated carbocycles. The summed E-state index contributed by atoms with van der Waals surface area (Å²) in [5.74, 6) is -0.322. The third-order valence-corrected chi connectivity index (χ3v) is 4.58. The minimum absolute atomic E-state index is 0.322. The largest absolute Gasteiger partial charge is 0.284 e. The van der Waals surface area contributed by atoms with Gasteiger partial charge in [-0.2, -0.15) is 5.10 Å². The molecule has 1 aromatic carbocycles. The van der Waals surface area contributed by atoms with E-state index in [-0.39, 0.29) is 5.82 Å². The number of aromatic amines is 1. The van der Waals surface area contributed by atoms with Gasteiger partial charge >= 0.3 is 0 Å². The number of H-pyrrole nitrogens is 1. The van der Waals surface area contributed by atoms with Crippen molar-refractivity contribution >= 4 is 11.0 Å². The smallest absolute Gasteiger partial charge is 0.132 e. The molecule has 0 atom stereocenters. The molecule has 1 N–H and O–H groups in total. The minimum Gasteiger partial charge on any atom is -0.284 e. The summed E-state index contributed by atoms with van der Waals surface area (Å²) in [6, 6.07) is 16.2. The van der Waals surface area contributed by atoms with E-state index in [1.165, 1.54) is 6.07 Å². The Balaban J connectivity index is 1.63. The molecule has 0 spiro atoms. The lowest BCUT2D eigenvalue weighted by molar-refractivity contribution is 0.630. The molecule has 134 valence electrons. The predicted molar refractivity (Wildman–Crippen MR) is 106 cm³/mol. The van der Waals surface area contributed by atoms with Crippen molar-refractivity contribution in [2.45, 2.75) is 0 Å². The van der Waals surface area contributed by atoms with Gasteiger partial charge in [-0.25, -0.2) is 9.37 Å². The first-order valence-corrected chi connectivity index (χ1v) is 8.76. The van der Waals surface area contributed by atoms with Crippen LogP contribution in [0, 0.1) is 5.82 Å². The number of aromatic nitrogens is 5. The number of fused-ring (bicyclic) bond motifs is 1. The van der Waals surface area contributed by atoms with Gasteiger partial charge in [0.2, 0.25) is 0 Å². The predicted octanol–water partition coefficient (Wildman–Crippen LogP) is 4.89. The molecule has 5 aromatic rings. The van der Waals surface area contributed by atoms with Crippen LogP contribution >= 0.6 is 0 Å². The molecule has 4 heterocycles. The summed E-state index contributed by atoms with van der Waals surface area (Å²) in [7, 11) is 0. The van der Waals surface area contributed by atoms with Crippen molar-refractivity contribution in [2.75, 3.05) is 0 Å². The van der Waals surface area contributed by atoms with E-state index in [1.54, 1.807) is 36.8 Å². The van der Waals surface area contributed by atoms with Crippen molar-refractivity contribution in [1.29, 1.82) is 0 Å². The topological polar surface area (TPSA) is 67.3 Å². The van der Waals surface area contributed by atoms with Crippen molar-refractivity contribution in [1.82, 2.24) is 25.1 Å². The Hall–Kier alpha value is -3.93. The number of halogens is 1. The molecule has 0 aliphatic carbocycles. The lowest BCUT2D eigenvalue weighted by Crippen LogP contribution is -1.91. The van der Waals surface area contributed by atoms with Crippen LogP contribution in [0.25, 0.3) is 44.7 Å². The van der Waals surface area contributed by atoms with E-state index in [0.29, 0.717) is 17.0 Å². The summed E-state index contributed by atoms with van der Waals surface area (Å²) < 4.78 is 14.3. The van der Waals surface area contributed by atoms with Crippen LogP contribution in [0.3, 0.4) is 0 Å². The second kappa shape index (κ2) is 6.66. The number of benzene rings is 1. The van der Waals surface area contributed by atoms with Gasteiger partial charge in [0.1, 0.15) is 11.5 Å². The highest BCUT2D eigenvalue weighted by atomic mass is 19.1. The third-order valence-electron chi connectivity index (χ3n) is 4.58. The van der Waals surface area contributed by atoms with Gasteiger partial charge in [0.25, 0.3) is 0 Å². The average Bonchev–Trinajstić information content (AvgIpc) is 3.23. The van der Waals surface area contributed by atoms with Crippen LogP contribution in [-0.4, -0.2) is 25.1 Å². The van der Waals surface area contributed by atoms with Crippen LogP contribution in [0.15, 0.2) is 79.4 Å². The summed E-state index contributed by atoms with van der Waals surface area (Å²) in [6.07, 6.45) is 7.06. The maximum absolute atomic E-state index is 14.3. The van der Waals surface area contributed by atoms with Gasteiger partial charge in [0.15, 0.2) is 0 Å². The molecule has 4 aromatic heterocycles. The monoisotopic (exact) mass is 367 g/mol. The summed E-state index contributed by atoms with van der Waals surface area (Å²) >= 11 is 0. The fourth-order valence-corrected chi connectivity index (χ4v) is 3.19. The third kappa shape index (κ3) is 2.81. The molecule has 0 bridgehead atoms. The van der Waals surface area contributed by atoms with Crippen LogP contribution in [0.1, 0.15) is 0 Å². The Kier molecular flexibility index (Phi) is 3.87. The lowest BCUT2D eigenvalue weighted by atomic mass is 10.0. The Bertz CT molecular complexity index is 1280. The maximum atomic E-state index is 14.3. The summed E-state index contributed by atoms with van der Waals surface area (Å²) in [4.78, 5) is 13.4. The van der Waals surface area contributed by atoms with E-state index < -0.39 is 0 Å². The molecule has 0 unspecified atom stereocenters. The highest BCUT2D eigenvalue weighted by molar-refractivity contribution is 5.85. The standard InChI is InChI=1S/C22H14FN5/c23-18-6-2-1-5-16(18)22-17(13-26-28-22)19-7-8-20-21(27-19)10-15(12-25-20)14-4-3-9-24-11-14/h1-13H,(H,26,28). The van der Waals surface area contributed by atoms with Crippen LogP contribution in [0.5, 0.6) is 0 Å². The Labute approximate surface area is 160 Å². The van der Waals surface area contributed by atoms with E-state index in [1.807, 2.05) is 36.5 Å². The molecule has 5 rings (SSSR count). The van der Waals surface area contributed by atoms with Crippen molar-refractivity contribution < 1.29 is 4.39 Å². The van der Waals surface area contributed by atoms with Crippen molar-refractivity contribution in [3.8, 4) is 33.6 Å². The molecular formula is C22H14FN5. The number of pyridine rings is 3. The van der Waals surface area contributed by atoms with Gasteiger partial charge in [0, 0.05) is 47.0 Å². The SMILES string of the molecule is Fc1ccccc1-c1n[nH]cc1-c1ccc2ncc(-c3cccnc3)cc2n1.